The Morgan fingerprint density at radius 3 is 1.37 bits per heavy atom. The van der Waals surface area contributed by atoms with E-state index in [2.05, 4.69) is 117 Å². The van der Waals surface area contributed by atoms with Gasteiger partial charge in [-0.25, -0.2) is 4.57 Å². The van der Waals surface area contributed by atoms with Crippen LogP contribution in [0.2, 0.25) is 0 Å². The summed E-state index contributed by atoms with van der Waals surface area (Å²) in [7, 11) is -5.16. The summed E-state index contributed by atoms with van der Waals surface area (Å²) in [5, 5.41) is 50.2. The van der Waals surface area contributed by atoms with Crippen molar-refractivity contribution in [2.45, 2.75) is 172 Å². The zero-order valence-electron chi connectivity index (χ0n) is 38.7. The molecule has 1 aliphatic rings. The van der Waals surface area contributed by atoms with Crippen LogP contribution in [-0.4, -0.2) is 98.3 Å². The number of aliphatic hydroxyl groups excluding tert-OH is 5. The normalized spacial score (nSPS) is 22.5. The van der Waals surface area contributed by atoms with Gasteiger partial charge >= 0.3 is 19.8 Å². The molecule has 1 rings (SSSR count). The highest BCUT2D eigenvalue weighted by molar-refractivity contribution is 7.47. The molecule has 0 spiro atoms. The predicted octanol–water partition coefficient (Wildman–Crippen LogP) is 9.39. The van der Waals surface area contributed by atoms with Crippen molar-refractivity contribution in [2.75, 3.05) is 13.2 Å². The molecule has 366 valence electrons. The van der Waals surface area contributed by atoms with Crippen molar-refractivity contribution in [3.8, 4) is 0 Å². The highest BCUT2D eigenvalue weighted by Gasteiger charge is 2.51. The first-order chi connectivity index (χ1) is 31.4. The Hall–Kier alpha value is -3.75. The number of allylic oxidation sites excluding steroid dienone is 20. The van der Waals surface area contributed by atoms with Crippen LogP contribution in [0.25, 0.3) is 0 Å². The standard InChI is InChI=1S/C51H79O13P/c1-3-5-7-9-11-13-15-17-19-21-22-24-26-28-30-32-34-36-38-40-45(53)63-43(42-62-65(59,60)64-51-49(57)47(55)46(54)48(56)50(51)58)41-61-44(52)39-37-35-33-31-29-27-25-23-20-18-16-14-12-10-8-6-4-2/h5,7-8,10-11,13-14,16-17,19-20,22-24,27-30,34,36,43,46-51,54-58H,3-4,6,9,12,15,18,21,25-26,31-33,35,37-42H2,1-2H3,(H,59,60)/b7-5+,10-8+,13-11+,16-14+,19-17+,23-20+,24-22+,29-27+,30-28+,36-34+/t43-,46?,47-,48?,49?,50?,51?/m1/s1. The number of hydrogen-bond donors (Lipinski definition) is 6. The third-order valence-corrected chi connectivity index (χ3v) is 10.8. The summed E-state index contributed by atoms with van der Waals surface area (Å²) >= 11 is 0. The number of unbranched alkanes of at least 4 members (excludes halogenated alkanes) is 4. The molecule has 0 aromatic heterocycles. The van der Waals surface area contributed by atoms with Gasteiger partial charge in [0.25, 0.3) is 0 Å². The van der Waals surface area contributed by atoms with Gasteiger partial charge in [-0.2, -0.15) is 0 Å². The maximum atomic E-state index is 12.8. The highest BCUT2D eigenvalue weighted by atomic mass is 31.2. The Kier molecular flexibility index (Phi) is 35.9. The van der Waals surface area contributed by atoms with Gasteiger partial charge in [0, 0.05) is 12.8 Å². The summed E-state index contributed by atoms with van der Waals surface area (Å²) in [6, 6.07) is 0. The van der Waals surface area contributed by atoms with E-state index in [4.69, 9.17) is 18.5 Å². The van der Waals surface area contributed by atoms with Crippen LogP contribution in [0.15, 0.2) is 122 Å². The first-order valence-electron chi connectivity index (χ1n) is 23.3. The zero-order chi connectivity index (χ0) is 47.8. The number of esters is 2. The molecule has 0 saturated heterocycles. The molecule has 0 heterocycles. The fourth-order valence-corrected chi connectivity index (χ4v) is 7.04. The molecule has 8 atom stereocenters. The molecule has 1 saturated carbocycles. The van der Waals surface area contributed by atoms with Crippen molar-refractivity contribution in [1.29, 1.82) is 0 Å². The quantitative estimate of drug-likeness (QED) is 0.0150. The van der Waals surface area contributed by atoms with Crippen molar-refractivity contribution in [3.05, 3.63) is 122 Å². The van der Waals surface area contributed by atoms with Crippen LogP contribution >= 0.6 is 7.82 Å². The smallest absolute Gasteiger partial charge is 0.462 e. The number of phosphoric ester groups is 1. The molecule has 0 aliphatic heterocycles. The van der Waals surface area contributed by atoms with E-state index in [1.165, 1.54) is 6.42 Å². The monoisotopic (exact) mass is 931 g/mol. The molecule has 0 radical (unpaired) electrons. The number of phosphoric acid groups is 1. The number of ether oxygens (including phenoxy) is 2. The maximum absolute atomic E-state index is 12.8. The van der Waals surface area contributed by atoms with Crippen LogP contribution in [0.4, 0.5) is 0 Å². The average Bonchev–Trinajstić information content (AvgIpc) is 3.29. The van der Waals surface area contributed by atoms with Crippen LogP contribution in [0, 0.1) is 0 Å². The van der Waals surface area contributed by atoms with Gasteiger partial charge in [-0.1, -0.05) is 148 Å². The van der Waals surface area contributed by atoms with Crippen molar-refractivity contribution < 1.29 is 63.1 Å². The fraction of sp³-hybridized carbons (Fsp3) is 0.569. The minimum Gasteiger partial charge on any atom is -0.462 e. The second-order valence-corrected chi connectivity index (χ2v) is 16.9. The lowest BCUT2D eigenvalue weighted by atomic mass is 9.85. The summed E-state index contributed by atoms with van der Waals surface area (Å²) in [5.74, 6) is -1.25. The summed E-state index contributed by atoms with van der Waals surface area (Å²) in [6.07, 6.45) is 42.6. The lowest BCUT2D eigenvalue weighted by Gasteiger charge is -2.41. The van der Waals surface area contributed by atoms with Crippen LogP contribution < -0.4 is 0 Å². The molecular formula is C51H79O13P. The van der Waals surface area contributed by atoms with Gasteiger partial charge in [-0.3, -0.25) is 18.6 Å². The van der Waals surface area contributed by atoms with Gasteiger partial charge < -0.3 is 39.9 Å². The number of hydrogen-bond acceptors (Lipinski definition) is 12. The van der Waals surface area contributed by atoms with Gasteiger partial charge in [0.2, 0.25) is 0 Å². The van der Waals surface area contributed by atoms with Gasteiger partial charge in [0.15, 0.2) is 6.10 Å². The molecular weight excluding hydrogens is 852 g/mol. The fourth-order valence-electron chi connectivity index (χ4n) is 6.07. The topological polar surface area (TPSA) is 210 Å². The third kappa shape index (κ3) is 31.7. The first-order valence-corrected chi connectivity index (χ1v) is 24.8. The molecule has 0 amide bonds. The van der Waals surface area contributed by atoms with E-state index in [0.717, 1.165) is 77.0 Å². The lowest BCUT2D eigenvalue weighted by molar-refractivity contribution is -0.220. The average molecular weight is 931 g/mol. The minimum absolute atomic E-state index is 0.0439. The molecule has 6 N–H and O–H groups in total. The van der Waals surface area contributed by atoms with E-state index in [-0.39, 0.29) is 12.8 Å². The Bertz CT molecular complexity index is 1590. The van der Waals surface area contributed by atoms with Crippen molar-refractivity contribution >= 4 is 19.8 Å². The van der Waals surface area contributed by atoms with Gasteiger partial charge in [0.05, 0.1) is 6.61 Å². The second kappa shape index (κ2) is 39.4. The molecule has 14 heteroatoms. The number of aliphatic hydroxyl groups is 5. The molecule has 0 aromatic carbocycles. The van der Waals surface area contributed by atoms with Gasteiger partial charge in [-0.05, 0) is 89.9 Å². The zero-order valence-corrected chi connectivity index (χ0v) is 39.6. The largest absolute Gasteiger partial charge is 0.472 e. The SMILES string of the molecule is CC/C=C/C/C=C/C/C=C/C/C=C/C/C=C/C/C=C/CCC(=O)O[C@H](COC(=O)CCCCC/C=C/C/C=C/C/C=C/C/C=C/CCC)COP(=O)(O)OC1C(O)C(O)C(O)[C@@H](O)C1O. The predicted molar refractivity (Wildman–Crippen MR) is 257 cm³/mol. The number of rotatable bonds is 36. The Morgan fingerprint density at radius 1 is 0.492 bits per heavy atom. The van der Waals surface area contributed by atoms with Crippen molar-refractivity contribution in [3.63, 3.8) is 0 Å². The molecule has 13 nitrogen and oxygen atoms in total. The van der Waals surface area contributed by atoms with Crippen LogP contribution in [0.3, 0.4) is 0 Å². The molecule has 65 heavy (non-hydrogen) atoms. The minimum atomic E-state index is -5.16. The maximum Gasteiger partial charge on any atom is 0.472 e. The Labute approximate surface area is 388 Å². The first kappa shape index (κ1) is 59.3. The van der Waals surface area contributed by atoms with Crippen LogP contribution in [0.1, 0.15) is 129 Å². The molecule has 0 bridgehead atoms. The number of carbonyl (C=O) groups is 2. The highest BCUT2D eigenvalue weighted by Crippen LogP contribution is 2.47. The van der Waals surface area contributed by atoms with E-state index < -0.39 is 75.7 Å². The number of carbonyl (C=O) groups excluding carboxylic acids is 2. The van der Waals surface area contributed by atoms with E-state index >= 15 is 0 Å². The molecule has 6 unspecified atom stereocenters. The second-order valence-electron chi connectivity index (χ2n) is 15.5. The molecule has 0 aromatic rings. The van der Waals surface area contributed by atoms with Gasteiger partial charge in [0.1, 0.15) is 43.2 Å². The molecule has 1 aliphatic carbocycles. The van der Waals surface area contributed by atoms with Gasteiger partial charge in [-0.15, -0.1) is 0 Å². The summed E-state index contributed by atoms with van der Waals surface area (Å²) in [6.45, 7) is 3.01. The summed E-state index contributed by atoms with van der Waals surface area (Å²) < 4.78 is 33.4. The van der Waals surface area contributed by atoms with E-state index in [1.807, 2.05) is 18.2 Å². The summed E-state index contributed by atoms with van der Waals surface area (Å²) in [4.78, 5) is 35.7. The van der Waals surface area contributed by atoms with Crippen LogP contribution in [0.5, 0.6) is 0 Å². The van der Waals surface area contributed by atoms with Crippen molar-refractivity contribution in [1.82, 2.24) is 0 Å². The molecule has 1 fully saturated rings. The Morgan fingerprint density at radius 2 is 0.908 bits per heavy atom. The Balaban J connectivity index is 2.55. The lowest BCUT2D eigenvalue weighted by Crippen LogP contribution is -2.64. The van der Waals surface area contributed by atoms with E-state index in [9.17, 15) is 44.6 Å². The summed E-state index contributed by atoms with van der Waals surface area (Å²) in [5.41, 5.74) is 0. The van der Waals surface area contributed by atoms with Crippen molar-refractivity contribution in [2.24, 2.45) is 0 Å². The third-order valence-electron chi connectivity index (χ3n) is 9.78. The van der Waals surface area contributed by atoms with Crippen LogP contribution in [-0.2, 0) is 32.7 Å². The van der Waals surface area contributed by atoms with E-state index in [0.29, 0.717) is 19.3 Å². The van der Waals surface area contributed by atoms with E-state index in [1.54, 1.807) is 0 Å².